The van der Waals surface area contributed by atoms with E-state index in [1.165, 1.54) is 12.2 Å². The first-order chi connectivity index (χ1) is 11.7. The summed E-state index contributed by atoms with van der Waals surface area (Å²) in [5.41, 5.74) is -0.468. The number of nitrogens with one attached hydrogen (secondary N) is 2. The summed E-state index contributed by atoms with van der Waals surface area (Å²) in [4.78, 5) is 18.3. The van der Waals surface area contributed by atoms with Gasteiger partial charge in [-0.05, 0) is 65.9 Å². The highest BCUT2D eigenvalue weighted by atomic mass is 127. The standard InChI is InChI=1S/C18H38N4O2S.HI/c1-8-19-16(20-12-9-10-14-25-7)21-13-11-15(2)22(6)17(23)24-18(3,4)5;/h15H,8-14H2,1-7H3,(H2,19,20,21);1H. The number of amides is 1. The zero-order valence-electron chi connectivity index (χ0n) is 17.6. The molecule has 0 spiro atoms. The maximum atomic E-state index is 12.1. The third kappa shape index (κ3) is 14.8. The second-order valence-corrected chi connectivity index (χ2v) is 8.10. The molecular weight excluding hydrogens is 463 g/mol. The van der Waals surface area contributed by atoms with Crippen molar-refractivity contribution in [2.45, 2.75) is 65.5 Å². The molecule has 26 heavy (non-hydrogen) atoms. The van der Waals surface area contributed by atoms with Gasteiger partial charge >= 0.3 is 6.09 Å². The van der Waals surface area contributed by atoms with Gasteiger partial charge in [-0.25, -0.2) is 4.79 Å². The molecule has 0 aromatic carbocycles. The maximum Gasteiger partial charge on any atom is 0.410 e. The van der Waals surface area contributed by atoms with Crippen LogP contribution in [0.3, 0.4) is 0 Å². The quantitative estimate of drug-likeness (QED) is 0.205. The lowest BCUT2D eigenvalue weighted by Crippen LogP contribution is -2.42. The molecule has 1 atom stereocenters. The third-order valence-corrected chi connectivity index (χ3v) is 4.26. The van der Waals surface area contributed by atoms with E-state index in [1.807, 2.05) is 39.5 Å². The van der Waals surface area contributed by atoms with Gasteiger partial charge in [0, 0.05) is 32.7 Å². The van der Waals surface area contributed by atoms with Gasteiger partial charge in [0.2, 0.25) is 0 Å². The minimum atomic E-state index is -0.468. The molecule has 1 unspecified atom stereocenters. The monoisotopic (exact) mass is 502 g/mol. The van der Waals surface area contributed by atoms with E-state index in [1.54, 1.807) is 11.9 Å². The highest BCUT2D eigenvalue weighted by molar-refractivity contribution is 14.0. The van der Waals surface area contributed by atoms with Gasteiger partial charge < -0.3 is 20.3 Å². The number of ether oxygens (including phenoxy) is 1. The average molecular weight is 503 g/mol. The first-order valence-corrected chi connectivity index (χ1v) is 10.6. The van der Waals surface area contributed by atoms with Crippen LogP contribution in [-0.2, 0) is 4.74 Å². The zero-order chi connectivity index (χ0) is 19.3. The van der Waals surface area contributed by atoms with Crippen molar-refractivity contribution in [3.8, 4) is 0 Å². The molecule has 0 bridgehead atoms. The van der Waals surface area contributed by atoms with Crippen LogP contribution >= 0.6 is 35.7 Å². The maximum absolute atomic E-state index is 12.1. The highest BCUT2D eigenvalue weighted by Crippen LogP contribution is 2.11. The summed E-state index contributed by atoms with van der Waals surface area (Å²) in [5.74, 6) is 2.03. The van der Waals surface area contributed by atoms with Crippen LogP contribution < -0.4 is 10.6 Å². The SMILES string of the molecule is CCNC(=NCCCCSC)NCCC(C)N(C)C(=O)OC(C)(C)C.I. The van der Waals surface area contributed by atoms with E-state index < -0.39 is 5.60 Å². The number of rotatable bonds is 10. The van der Waals surface area contributed by atoms with Crippen molar-refractivity contribution in [2.24, 2.45) is 4.99 Å². The van der Waals surface area contributed by atoms with E-state index in [-0.39, 0.29) is 36.1 Å². The Hall–Kier alpha value is -0.380. The van der Waals surface area contributed by atoms with Crippen molar-refractivity contribution < 1.29 is 9.53 Å². The number of hydrogen-bond acceptors (Lipinski definition) is 4. The number of halogens is 1. The van der Waals surface area contributed by atoms with Crippen LogP contribution in [0.2, 0.25) is 0 Å². The summed E-state index contributed by atoms with van der Waals surface area (Å²) in [6.45, 7) is 12.1. The highest BCUT2D eigenvalue weighted by Gasteiger charge is 2.22. The minimum absolute atomic E-state index is 0. The Bertz CT molecular complexity index is 403. The molecular formula is C18H39IN4O2S. The second-order valence-electron chi connectivity index (χ2n) is 7.12. The molecule has 0 aromatic rings. The molecule has 8 heteroatoms. The lowest BCUT2D eigenvalue weighted by molar-refractivity contribution is 0.0230. The Labute approximate surface area is 181 Å². The topological polar surface area (TPSA) is 66.0 Å². The molecule has 0 saturated heterocycles. The number of carbonyl (C=O) groups excluding carboxylic acids is 1. The van der Waals surface area contributed by atoms with Gasteiger partial charge in [-0.2, -0.15) is 11.8 Å². The summed E-state index contributed by atoms with van der Waals surface area (Å²) in [5, 5.41) is 6.60. The summed E-state index contributed by atoms with van der Waals surface area (Å²) in [7, 11) is 1.78. The zero-order valence-corrected chi connectivity index (χ0v) is 20.7. The van der Waals surface area contributed by atoms with Crippen LogP contribution in [0.1, 0.15) is 53.9 Å². The minimum Gasteiger partial charge on any atom is -0.444 e. The lowest BCUT2D eigenvalue weighted by atomic mass is 10.2. The number of aliphatic imine (C=N–C) groups is 1. The Morgan fingerprint density at radius 3 is 2.46 bits per heavy atom. The molecule has 0 fully saturated rings. The summed E-state index contributed by atoms with van der Waals surface area (Å²) >= 11 is 1.87. The van der Waals surface area contributed by atoms with Gasteiger partial charge in [0.05, 0.1) is 0 Å². The Morgan fingerprint density at radius 2 is 1.92 bits per heavy atom. The van der Waals surface area contributed by atoms with Gasteiger partial charge in [-0.3, -0.25) is 4.99 Å². The number of hydrogen-bond donors (Lipinski definition) is 2. The number of nitrogens with zero attached hydrogens (tertiary/aromatic N) is 2. The predicted octanol–water partition coefficient (Wildman–Crippen LogP) is 3.95. The Kier molecular flexibility index (Phi) is 16.8. The molecule has 0 aliphatic rings. The van der Waals surface area contributed by atoms with Crippen molar-refractivity contribution >= 4 is 47.8 Å². The fourth-order valence-electron chi connectivity index (χ4n) is 2.00. The number of thioether (sulfide) groups is 1. The Morgan fingerprint density at radius 1 is 1.27 bits per heavy atom. The van der Waals surface area contributed by atoms with Gasteiger partial charge in [-0.1, -0.05) is 0 Å². The van der Waals surface area contributed by atoms with Gasteiger partial charge in [-0.15, -0.1) is 24.0 Å². The molecule has 1 amide bonds. The molecule has 0 aromatic heterocycles. The van der Waals surface area contributed by atoms with Gasteiger partial charge in [0.25, 0.3) is 0 Å². The number of guanidine groups is 1. The average Bonchev–Trinajstić information content (AvgIpc) is 2.52. The van der Waals surface area contributed by atoms with Crippen molar-refractivity contribution in [3.05, 3.63) is 0 Å². The van der Waals surface area contributed by atoms with Crippen molar-refractivity contribution in [1.82, 2.24) is 15.5 Å². The summed E-state index contributed by atoms with van der Waals surface area (Å²) in [6.07, 6.45) is 4.97. The van der Waals surface area contributed by atoms with E-state index in [2.05, 4.69) is 28.8 Å². The van der Waals surface area contributed by atoms with Crippen LogP contribution in [0.25, 0.3) is 0 Å². The molecule has 0 heterocycles. The van der Waals surface area contributed by atoms with Crippen LogP contribution in [0.5, 0.6) is 0 Å². The van der Waals surface area contributed by atoms with Crippen molar-refractivity contribution in [2.75, 3.05) is 38.7 Å². The van der Waals surface area contributed by atoms with Crippen LogP contribution in [0.4, 0.5) is 4.79 Å². The fourth-order valence-corrected chi connectivity index (χ4v) is 2.49. The lowest BCUT2D eigenvalue weighted by Gasteiger charge is -2.28. The fraction of sp³-hybridized carbons (Fsp3) is 0.889. The number of carbonyl (C=O) groups is 1. The molecule has 0 saturated carbocycles. The first-order valence-electron chi connectivity index (χ1n) is 9.18. The molecule has 0 aliphatic carbocycles. The second kappa shape index (κ2) is 15.7. The van der Waals surface area contributed by atoms with Crippen LogP contribution in [0, 0.1) is 0 Å². The van der Waals surface area contributed by atoms with Gasteiger partial charge in [0.15, 0.2) is 5.96 Å². The van der Waals surface area contributed by atoms with E-state index in [4.69, 9.17) is 4.74 Å². The normalized spacial score (nSPS) is 12.8. The molecule has 2 N–H and O–H groups in total. The van der Waals surface area contributed by atoms with E-state index in [9.17, 15) is 4.79 Å². The van der Waals surface area contributed by atoms with Crippen molar-refractivity contribution in [1.29, 1.82) is 0 Å². The van der Waals surface area contributed by atoms with Crippen LogP contribution in [0.15, 0.2) is 4.99 Å². The predicted molar refractivity (Wildman–Crippen MR) is 125 cm³/mol. The molecule has 0 rings (SSSR count). The van der Waals surface area contributed by atoms with E-state index >= 15 is 0 Å². The van der Waals surface area contributed by atoms with Crippen molar-refractivity contribution in [3.63, 3.8) is 0 Å². The molecule has 6 nitrogen and oxygen atoms in total. The Balaban J connectivity index is 0. The number of unbranched alkanes of at least 4 members (excludes halogenated alkanes) is 1. The molecule has 156 valence electrons. The molecule has 0 radical (unpaired) electrons. The summed E-state index contributed by atoms with van der Waals surface area (Å²) in [6, 6.07) is 0.0896. The smallest absolute Gasteiger partial charge is 0.410 e. The third-order valence-electron chi connectivity index (χ3n) is 3.57. The van der Waals surface area contributed by atoms with E-state index in [0.29, 0.717) is 0 Å². The van der Waals surface area contributed by atoms with E-state index in [0.717, 1.165) is 38.4 Å². The summed E-state index contributed by atoms with van der Waals surface area (Å²) < 4.78 is 5.40. The molecule has 0 aliphatic heterocycles. The van der Waals surface area contributed by atoms with Gasteiger partial charge in [0.1, 0.15) is 5.60 Å². The van der Waals surface area contributed by atoms with Crippen LogP contribution in [-0.4, -0.2) is 67.3 Å². The first kappa shape index (κ1) is 27.8. The largest absolute Gasteiger partial charge is 0.444 e.